The van der Waals surface area contributed by atoms with Gasteiger partial charge in [-0.1, -0.05) is 13.3 Å². The molecule has 0 heterocycles. The second kappa shape index (κ2) is 66.6. The van der Waals surface area contributed by atoms with Gasteiger partial charge < -0.3 is 66.2 Å². The van der Waals surface area contributed by atoms with Crippen LogP contribution >= 0.6 is 54.8 Å². The standard InChI is InChI=1S/C67H121N6O34P7/c1-6-11-16-26-43-94-108(80,81)98-47-30-20-36-62(74)70-55-60(56-71-63(75)37-21-31-48-99-109(82,83)95-44-27-17-12-7-2)106-113(90,91)103-51-34-24-40-66(78)68-53-59(105-112(88,89)102-42-15-10-5)54-69-67(79)41-25-35-52-104-114(92,93)107-61(57-72-64(76)38-22-32-49-100-110(84,85)96-45-28-18-13-8-3)58-73-65(77)39-23-33-50-101-111(86,87)97-46-29-19-14-9-4/h1-4,59-61H,10-58H2,5H3,(H,68,78)(H,69,79)(H,70,74)(H,71,75)(H,72,76)(H,73,77)(H,80,81)(H,82,83)(H,84,85)(H,86,87)(H,88,89)(H,90,91)(H,92,93). The number of phosphoric ester groups is 7. The van der Waals surface area contributed by atoms with Crippen molar-refractivity contribution in [3.8, 4) is 49.4 Å². The molecular weight excluding hydrogens is 1650 g/mol. The molecule has 0 spiro atoms. The fraction of sp³-hybridized carbons (Fsp3) is 0.791. The maximum absolute atomic E-state index is 13.2. The quantitative estimate of drug-likeness (QED) is 0.0154. The summed E-state index contributed by atoms with van der Waals surface area (Å²) in [4.78, 5) is 149. The van der Waals surface area contributed by atoms with Crippen molar-refractivity contribution >= 4 is 90.2 Å². The Morgan fingerprint density at radius 2 is 0.404 bits per heavy atom. The second-order valence-corrected chi connectivity index (χ2v) is 35.2. The third-order valence-corrected chi connectivity index (χ3v) is 22.2. The second-order valence-electron chi connectivity index (χ2n) is 25.2. The van der Waals surface area contributed by atoms with Gasteiger partial charge >= 0.3 is 54.8 Å². The highest BCUT2D eigenvalue weighted by molar-refractivity contribution is 7.49. The molecule has 658 valence electrons. The Balaban J connectivity index is 5.65. The van der Waals surface area contributed by atoms with Gasteiger partial charge in [0.1, 0.15) is 18.3 Å². The lowest BCUT2D eigenvalue weighted by molar-refractivity contribution is -0.123. The summed E-state index contributed by atoms with van der Waals surface area (Å²) in [6.45, 7) is -2.92. The summed E-state index contributed by atoms with van der Waals surface area (Å²) in [7, 11) is -32.1. The molecule has 0 saturated heterocycles. The molecule has 114 heavy (non-hydrogen) atoms. The van der Waals surface area contributed by atoms with E-state index in [1.54, 1.807) is 6.92 Å². The normalized spacial score (nSPS) is 15.9. The van der Waals surface area contributed by atoms with Crippen LogP contribution in [0.4, 0.5) is 0 Å². The van der Waals surface area contributed by atoms with E-state index in [0.717, 1.165) is 0 Å². The van der Waals surface area contributed by atoms with Crippen LogP contribution in [0.5, 0.6) is 0 Å². The average Bonchev–Trinajstić information content (AvgIpc) is 0.822. The van der Waals surface area contributed by atoms with E-state index in [0.29, 0.717) is 89.9 Å². The first kappa shape index (κ1) is 110. The average molecular weight is 1770 g/mol. The highest BCUT2D eigenvalue weighted by atomic mass is 31.2. The molecule has 40 nitrogen and oxygen atoms in total. The molecule has 0 fully saturated rings. The summed E-state index contributed by atoms with van der Waals surface area (Å²) in [5.74, 6) is 6.27. The molecule has 0 aromatic heterocycles. The smallest absolute Gasteiger partial charge is 0.353 e. The molecule has 0 aliphatic heterocycles. The van der Waals surface area contributed by atoms with E-state index in [4.69, 9.17) is 89.0 Å². The van der Waals surface area contributed by atoms with Crippen LogP contribution in [0.3, 0.4) is 0 Å². The summed E-state index contributed by atoms with van der Waals surface area (Å²) in [6, 6.07) is 0. The third-order valence-electron chi connectivity index (χ3n) is 15.0. The van der Waals surface area contributed by atoms with Gasteiger partial charge in [0.05, 0.1) is 72.7 Å². The number of phosphoric acid groups is 7. The molecule has 0 radical (unpaired) electrons. The number of nitrogens with one attached hydrogen (secondary N) is 6. The van der Waals surface area contributed by atoms with Crippen LogP contribution in [-0.2, 0) is 124 Å². The van der Waals surface area contributed by atoms with E-state index in [1.165, 1.54) is 0 Å². The number of terminal acetylenes is 4. The summed E-state index contributed by atoms with van der Waals surface area (Å²) in [5, 5.41) is 15.2. The maximum Gasteiger partial charge on any atom is 0.472 e. The van der Waals surface area contributed by atoms with Crippen LogP contribution in [0.15, 0.2) is 0 Å². The predicted molar refractivity (Wildman–Crippen MR) is 416 cm³/mol. The number of carbonyl (C=O) groups is 6. The van der Waals surface area contributed by atoms with Crippen molar-refractivity contribution in [3.05, 3.63) is 0 Å². The molecule has 0 saturated carbocycles. The van der Waals surface area contributed by atoms with Gasteiger partial charge in [0.25, 0.3) is 0 Å². The molecule has 7 atom stereocenters. The lowest BCUT2D eigenvalue weighted by atomic mass is 10.2. The molecule has 13 N–H and O–H groups in total. The molecular formula is C67H121N6O34P7. The first-order valence-corrected chi connectivity index (χ1v) is 48.3. The summed E-state index contributed by atoms with van der Waals surface area (Å²) >= 11 is 0. The van der Waals surface area contributed by atoms with E-state index in [-0.39, 0.29) is 175 Å². The first-order chi connectivity index (χ1) is 54.0. The van der Waals surface area contributed by atoms with E-state index < -0.39 is 161 Å². The Bertz CT molecular complexity index is 2930. The number of rotatable bonds is 78. The van der Waals surface area contributed by atoms with Crippen LogP contribution in [0.2, 0.25) is 0 Å². The van der Waals surface area contributed by atoms with Crippen molar-refractivity contribution in [2.24, 2.45) is 0 Å². The molecule has 0 aromatic carbocycles. The zero-order chi connectivity index (χ0) is 85.3. The number of carbonyl (C=O) groups excluding carboxylic acids is 6. The van der Waals surface area contributed by atoms with Crippen molar-refractivity contribution in [3.63, 3.8) is 0 Å². The monoisotopic (exact) mass is 1770 g/mol. The Morgan fingerprint density at radius 1 is 0.254 bits per heavy atom. The molecule has 0 aliphatic rings. The highest BCUT2D eigenvalue weighted by Crippen LogP contribution is 2.49. The van der Waals surface area contributed by atoms with Crippen LogP contribution in [0, 0.1) is 49.4 Å². The van der Waals surface area contributed by atoms with Crippen molar-refractivity contribution < 1.29 is 158 Å². The minimum absolute atomic E-state index is 0.0106. The van der Waals surface area contributed by atoms with Crippen LogP contribution < -0.4 is 31.9 Å². The number of hydrogen-bond acceptors (Lipinski definition) is 27. The van der Waals surface area contributed by atoms with Gasteiger partial charge in [-0.05, 0) is 135 Å². The number of hydrogen-bond donors (Lipinski definition) is 13. The number of unbranched alkanes of at least 4 members (excludes halogenated alkanes) is 15. The fourth-order valence-electron chi connectivity index (χ4n) is 8.91. The number of amides is 6. The van der Waals surface area contributed by atoms with Crippen LogP contribution in [-0.4, -0.2) is 200 Å². The zero-order valence-electron chi connectivity index (χ0n) is 65.0. The van der Waals surface area contributed by atoms with Crippen molar-refractivity contribution in [1.29, 1.82) is 0 Å². The molecule has 0 bridgehead atoms. The third kappa shape index (κ3) is 69.7. The van der Waals surface area contributed by atoms with Gasteiger partial charge in [-0.25, -0.2) is 32.0 Å². The summed E-state index contributed by atoms with van der Waals surface area (Å²) in [5.41, 5.74) is 0. The van der Waals surface area contributed by atoms with Gasteiger partial charge in [0.15, 0.2) is 0 Å². The Labute approximate surface area is 669 Å². The van der Waals surface area contributed by atoms with Crippen LogP contribution in [0.1, 0.15) is 212 Å². The van der Waals surface area contributed by atoms with Crippen molar-refractivity contribution in [2.75, 3.05) is 112 Å². The maximum atomic E-state index is 13.2. The van der Waals surface area contributed by atoms with E-state index >= 15 is 0 Å². The zero-order valence-corrected chi connectivity index (χ0v) is 71.2. The fourth-order valence-corrected chi connectivity index (χ4v) is 14.9. The lowest BCUT2D eigenvalue weighted by Gasteiger charge is -2.22. The van der Waals surface area contributed by atoms with Gasteiger partial charge in [0.2, 0.25) is 35.4 Å². The summed E-state index contributed by atoms with van der Waals surface area (Å²) < 4.78 is 159. The largest absolute Gasteiger partial charge is 0.472 e. The molecule has 6 amide bonds. The van der Waals surface area contributed by atoms with Gasteiger partial charge in [-0.15, -0.1) is 49.4 Å². The predicted octanol–water partition coefficient (Wildman–Crippen LogP) is 8.76. The minimum Gasteiger partial charge on any atom is -0.353 e. The van der Waals surface area contributed by atoms with Gasteiger partial charge in [0, 0.05) is 103 Å². The topological polar surface area (TPSA) is 565 Å². The molecule has 47 heteroatoms. The van der Waals surface area contributed by atoms with E-state index in [2.05, 4.69) is 55.6 Å². The Morgan fingerprint density at radius 3 is 0.561 bits per heavy atom. The molecule has 0 aromatic rings. The molecule has 0 aliphatic carbocycles. The van der Waals surface area contributed by atoms with Gasteiger partial charge in [-0.2, -0.15) is 0 Å². The van der Waals surface area contributed by atoms with E-state index in [9.17, 15) is 95.0 Å². The first-order valence-electron chi connectivity index (χ1n) is 37.8. The van der Waals surface area contributed by atoms with Crippen LogP contribution in [0.25, 0.3) is 0 Å². The summed E-state index contributed by atoms with van der Waals surface area (Å²) in [6.07, 6.45) is 24.2. The van der Waals surface area contributed by atoms with Crippen molar-refractivity contribution in [2.45, 2.75) is 231 Å². The van der Waals surface area contributed by atoms with E-state index in [1.807, 2.05) is 0 Å². The lowest BCUT2D eigenvalue weighted by Crippen LogP contribution is -2.41. The Kier molecular flexibility index (Phi) is 64.2. The molecule has 0 rings (SSSR count). The molecule has 7 unspecified atom stereocenters. The SMILES string of the molecule is C#CCCCCOP(=O)(O)OCCCCC(=O)NCC(CNC(=O)CCCCOP(=O)(O)OCCCCC#C)OP(=O)(O)OCCCCC(=O)NCC(CNC(=O)CCCCOP(=O)(O)OC(CNC(=O)CCCCOP(=O)(O)OCCCCC#C)CNC(=O)CCCCOP(=O)(O)OCCCCC#C)OP(=O)(O)OCCCC. The minimum atomic E-state index is -4.95. The Hall–Kier alpha value is -4.17. The highest BCUT2D eigenvalue weighted by Gasteiger charge is 2.32. The van der Waals surface area contributed by atoms with Gasteiger partial charge in [-0.3, -0.25) is 92.1 Å². The van der Waals surface area contributed by atoms with Crippen molar-refractivity contribution in [1.82, 2.24) is 31.9 Å².